The number of hydrogen-bond donors (Lipinski definition) is 1. The molecule has 3 nitrogen and oxygen atoms in total. The first-order valence-electron chi connectivity index (χ1n) is 6.16. The second-order valence-electron chi connectivity index (χ2n) is 4.62. The van der Waals surface area contributed by atoms with Gasteiger partial charge in [0.1, 0.15) is 4.32 Å². The minimum Gasteiger partial charge on any atom is -0.362 e. The van der Waals surface area contributed by atoms with Crippen LogP contribution >= 0.6 is 24.0 Å². The lowest BCUT2D eigenvalue weighted by molar-refractivity contribution is -0.123. The summed E-state index contributed by atoms with van der Waals surface area (Å²) in [5.41, 5.74) is 0.946. The molecule has 1 saturated carbocycles. The van der Waals surface area contributed by atoms with Crippen molar-refractivity contribution in [3.63, 3.8) is 0 Å². The summed E-state index contributed by atoms with van der Waals surface area (Å²) in [5.74, 6) is 0.0755. The van der Waals surface area contributed by atoms with Crippen molar-refractivity contribution >= 4 is 40.3 Å². The average Bonchev–Trinajstić information content (AvgIpc) is 3.03. The van der Waals surface area contributed by atoms with Crippen molar-refractivity contribution in [1.29, 1.82) is 0 Å². The monoisotopic (exact) mass is 278 g/mol. The zero-order valence-corrected chi connectivity index (χ0v) is 11.5. The van der Waals surface area contributed by atoms with Gasteiger partial charge in [-0.05, 0) is 31.1 Å². The number of aromatic amines is 1. The molecule has 0 spiro atoms. The van der Waals surface area contributed by atoms with Gasteiger partial charge in [0.15, 0.2) is 0 Å². The molecule has 94 valence electrons. The van der Waals surface area contributed by atoms with E-state index in [0.717, 1.165) is 23.4 Å². The van der Waals surface area contributed by atoms with Gasteiger partial charge in [0.05, 0.1) is 4.91 Å². The van der Waals surface area contributed by atoms with Crippen LogP contribution in [-0.4, -0.2) is 26.2 Å². The Morgan fingerprint density at radius 2 is 2.22 bits per heavy atom. The van der Waals surface area contributed by atoms with E-state index in [1.807, 2.05) is 29.3 Å². The highest BCUT2D eigenvalue weighted by atomic mass is 32.2. The van der Waals surface area contributed by atoms with Crippen LogP contribution in [0.15, 0.2) is 23.2 Å². The van der Waals surface area contributed by atoms with E-state index in [1.165, 1.54) is 24.6 Å². The molecule has 1 aliphatic heterocycles. The van der Waals surface area contributed by atoms with Gasteiger partial charge in [-0.2, -0.15) is 0 Å². The Labute approximate surface area is 116 Å². The molecule has 0 atom stereocenters. The number of aromatic nitrogens is 1. The Morgan fingerprint density at radius 3 is 2.89 bits per heavy atom. The minimum absolute atomic E-state index is 0.0755. The van der Waals surface area contributed by atoms with Gasteiger partial charge >= 0.3 is 0 Å². The maximum absolute atomic E-state index is 12.4. The minimum atomic E-state index is 0.0755. The molecule has 1 aliphatic carbocycles. The van der Waals surface area contributed by atoms with E-state index in [9.17, 15) is 4.79 Å². The summed E-state index contributed by atoms with van der Waals surface area (Å²) in [5, 5.41) is 0. The number of thioether (sulfide) groups is 1. The highest BCUT2D eigenvalue weighted by Crippen LogP contribution is 2.37. The van der Waals surface area contributed by atoms with E-state index in [0.29, 0.717) is 10.4 Å². The number of nitrogens with one attached hydrogen (secondary N) is 1. The predicted octanol–water partition coefficient (Wildman–Crippen LogP) is 3.16. The lowest BCUT2D eigenvalue weighted by atomic mass is 10.2. The van der Waals surface area contributed by atoms with Crippen LogP contribution in [0.25, 0.3) is 6.08 Å². The van der Waals surface area contributed by atoms with Crippen molar-refractivity contribution in [3.05, 3.63) is 28.9 Å². The maximum atomic E-state index is 12.4. The molecule has 0 aromatic carbocycles. The molecule has 1 aromatic rings. The number of carbonyl (C=O) groups excluding carboxylic acids is 1. The van der Waals surface area contributed by atoms with Crippen molar-refractivity contribution in [1.82, 2.24) is 9.88 Å². The average molecular weight is 278 g/mol. The summed E-state index contributed by atoms with van der Waals surface area (Å²) in [4.78, 5) is 18.0. The number of nitrogens with zero attached hydrogens (tertiary/aromatic N) is 1. The summed E-state index contributed by atoms with van der Waals surface area (Å²) < 4.78 is 0.713. The molecule has 2 fully saturated rings. The number of rotatable bonds is 2. The molecule has 2 aliphatic rings. The lowest BCUT2D eigenvalue weighted by Crippen LogP contribution is -2.36. The van der Waals surface area contributed by atoms with E-state index < -0.39 is 0 Å². The molecule has 3 rings (SSSR count). The van der Waals surface area contributed by atoms with Crippen LogP contribution < -0.4 is 0 Å². The lowest BCUT2D eigenvalue weighted by Gasteiger charge is -2.21. The maximum Gasteiger partial charge on any atom is 0.266 e. The van der Waals surface area contributed by atoms with Gasteiger partial charge in [-0.25, -0.2) is 0 Å². The van der Waals surface area contributed by atoms with Gasteiger partial charge in [0.2, 0.25) is 0 Å². The molecule has 0 bridgehead atoms. The second-order valence-corrected chi connectivity index (χ2v) is 6.29. The van der Waals surface area contributed by atoms with Crippen LogP contribution in [0.5, 0.6) is 0 Å². The molecule has 1 saturated heterocycles. The number of thiocarbonyl (C=S) groups is 1. The quantitative estimate of drug-likeness (QED) is 0.667. The fourth-order valence-corrected chi connectivity index (χ4v) is 3.92. The van der Waals surface area contributed by atoms with Crippen LogP contribution in [0.2, 0.25) is 0 Å². The van der Waals surface area contributed by atoms with Crippen molar-refractivity contribution in [2.75, 3.05) is 0 Å². The summed E-state index contributed by atoms with van der Waals surface area (Å²) in [6.07, 6.45) is 8.32. The Balaban J connectivity index is 1.84. The highest BCUT2D eigenvalue weighted by Gasteiger charge is 2.37. The van der Waals surface area contributed by atoms with Gasteiger partial charge in [0, 0.05) is 17.9 Å². The van der Waals surface area contributed by atoms with Crippen molar-refractivity contribution in [2.45, 2.75) is 31.7 Å². The Hall–Kier alpha value is -1.07. The zero-order chi connectivity index (χ0) is 12.5. The fraction of sp³-hybridized carbons (Fsp3) is 0.385. The van der Waals surface area contributed by atoms with Gasteiger partial charge in [-0.15, -0.1) is 0 Å². The third-order valence-corrected chi connectivity index (χ3v) is 4.75. The molecule has 18 heavy (non-hydrogen) atoms. The third kappa shape index (κ3) is 2.12. The fourth-order valence-electron chi connectivity index (χ4n) is 2.53. The van der Waals surface area contributed by atoms with Gasteiger partial charge in [-0.3, -0.25) is 9.69 Å². The van der Waals surface area contributed by atoms with Crippen molar-refractivity contribution in [2.24, 2.45) is 0 Å². The summed E-state index contributed by atoms with van der Waals surface area (Å²) in [6.45, 7) is 0. The van der Waals surface area contributed by atoms with E-state index in [1.54, 1.807) is 0 Å². The molecular weight excluding hydrogens is 264 g/mol. The normalized spacial score (nSPS) is 23.6. The first kappa shape index (κ1) is 12.0. The van der Waals surface area contributed by atoms with E-state index in [4.69, 9.17) is 12.2 Å². The molecule has 5 heteroatoms. The van der Waals surface area contributed by atoms with E-state index in [2.05, 4.69) is 4.98 Å². The molecular formula is C13H14N2OS2. The van der Waals surface area contributed by atoms with Crippen LogP contribution in [-0.2, 0) is 4.79 Å². The third-order valence-electron chi connectivity index (χ3n) is 3.42. The molecule has 0 unspecified atom stereocenters. The first-order valence-corrected chi connectivity index (χ1v) is 7.38. The van der Waals surface area contributed by atoms with Gasteiger partial charge in [-0.1, -0.05) is 36.8 Å². The second kappa shape index (κ2) is 4.90. The molecule has 0 radical (unpaired) electrons. The molecule has 1 aromatic heterocycles. The van der Waals surface area contributed by atoms with E-state index in [-0.39, 0.29) is 5.91 Å². The number of hydrogen-bond acceptors (Lipinski definition) is 3. The summed E-state index contributed by atoms with van der Waals surface area (Å²) in [6, 6.07) is 4.19. The summed E-state index contributed by atoms with van der Waals surface area (Å²) in [7, 11) is 0. The number of H-pyrrole nitrogens is 1. The van der Waals surface area contributed by atoms with Crippen molar-refractivity contribution < 1.29 is 4.79 Å². The molecule has 1 amide bonds. The van der Waals surface area contributed by atoms with Gasteiger partial charge < -0.3 is 4.98 Å². The summed E-state index contributed by atoms with van der Waals surface area (Å²) >= 11 is 6.76. The topological polar surface area (TPSA) is 36.1 Å². The molecule has 2 heterocycles. The largest absolute Gasteiger partial charge is 0.362 e. The SMILES string of the molecule is O=C1/C(=C/c2ccc[nH]2)SC(=S)N1C1CCCC1. The van der Waals surface area contributed by atoms with Crippen LogP contribution in [0.4, 0.5) is 0 Å². The Kier molecular flexibility index (Phi) is 3.26. The molecule has 1 N–H and O–H groups in total. The zero-order valence-electron chi connectivity index (χ0n) is 9.89. The van der Waals surface area contributed by atoms with Gasteiger partial charge in [0.25, 0.3) is 5.91 Å². The first-order chi connectivity index (χ1) is 8.75. The van der Waals surface area contributed by atoms with Crippen molar-refractivity contribution in [3.8, 4) is 0 Å². The highest BCUT2D eigenvalue weighted by molar-refractivity contribution is 8.26. The van der Waals surface area contributed by atoms with Crippen LogP contribution in [0.3, 0.4) is 0 Å². The smallest absolute Gasteiger partial charge is 0.266 e. The van der Waals surface area contributed by atoms with E-state index >= 15 is 0 Å². The number of carbonyl (C=O) groups is 1. The Morgan fingerprint density at radius 1 is 1.44 bits per heavy atom. The van der Waals surface area contributed by atoms with Crippen LogP contribution in [0, 0.1) is 0 Å². The van der Waals surface area contributed by atoms with Crippen LogP contribution in [0.1, 0.15) is 31.4 Å². The standard InChI is InChI=1S/C13H14N2OS2/c16-12-11(8-9-4-3-7-14-9)18-13(17)15(12)10-5-1-2-6-10/h3-4,7-8,10,14H,1-2,5-6H2/b11-8-. The predicted molar refractivity (Wildman–Crippen MR) is 78.1 cm³/mol. The number of amides is 1. The Bertz CT molecular complexity index is 501.